The molecule has 2 aliphatic rings. The van der Waals surface area contributed by atoms with Gasteiger partial charge in [0.25, 0.3) is 0 Å². The summed E-state index contributed by atoms with van der Waals surface area (Å²) in [6.45, 7) is 0.268. The molecule has 1 fully saturated rings. The normalized spacial score (nSPS) is 23.5. The second-order valence-corrected chi connectivity index (χ2v) is 8.73. The first-order valence-electron chi connectivity index (χ1n) is 7.71. The van der Waals surface area contributed by atoms with Gasteiger partial charge in [-0.1, -0.05) is 24.3 Å². The van der Waals surface area contributed by atoms with Crippen LogP contribution in [0.1, 0.15) is 29.9 Å². The minimum atomic E-state index is -3.50. The molecule has 1 saturated carbocycles. The Balaban J connectivity index is 1.88. The fraction of sp³-hybridized carbons (Fsp3) is 0.562. The molecule has 3 rings (SSSR count). The quantitative estimate of drug-likeness (QED) is 0.870. The van der Waals surface area contributed by atoms with Crippen molar-refractivity contribution in [2.24, 2.45) is 0 Å². The molecule has 1 N–H and O–H groups in total. The third kappa shape index (κ3) is 3.00. The Labute approximate surface area is 136 Å². The first kappa shape index (κ1) is 16.4. The molecule has 1 unspecified atom stereocenters. The number of aliphatic carboxylic acids is 1. The van der Waals surface area contributed by atoms with Crippen molar-refractivity contribution >= 4 is 16.0 Å². The Morgan fingerprint density at radius 2 is 2.00 bits per heavy atom. The lowest BCUT2D eigenvalue weighted by Crippen LogP contribution is -2.46. The summed E-state index contributed by atoms with van der Waals surface area (Å²) in [4.78, 5) is 13.5. The standard InChI is InChI=1S/C16H22N2O4S/c1-17(2)16(7-8-16)11-23(21,22)18-9-12-5-3-4-6-13(12)14(10-18)15(19)20/h3-6,14H,7-11H2,1-2H3,(H,19,20). The van der Waals surface area contributed by atoms with Gasteiger partial charge in [0.2, 0.25) is 10.0 Å². The lowest BCUT2D eigenvalue weighted by atomic mass is 9.91. The lowest BCUT2D eigenvalue weighted by Gasteiger charge is -2.34. The molecule has 1 aliphatic carbocycles. The van der Waals surface area contributed by atoms with Gasteiger partial charge in [0, 0.05) is 18.6 Å². The Hall–Kier alpha value is -1.44. The van der Waals surface area contributed by atoms with Gasteiger partial charge in [0.05, 0.1) is 11.7 Å². The molecule has 0 spiro atoms. The third-order valence-electron chi connectivity index (χ3n) is 5.08. The molecule has 1 atom stereocenters. The number of hydrogen-bond acceptors (Lipinski definition) is 4. The molecule has 6 nitrogen and oxygen atoms in total. The van der Waals surface area contributed by atoms with Crippen LogP contribution in [0.25, 0.3) is 0 Å². The number of rotatable bonds is 5. The van der Waals surface area contributed by atoms with E-state index in [4.69, 9.17) is 0 Å². The van der Waals surface area contributed by atoms with Crippen LogP contribution in [-0.2, 0) is 21.4 Å². The summed E-state index contributed by atoms with van der Waals surface area (Å²) in [5.41, 5.74) is 1.22. The van der Waals surface area contributed by atoms with Crippen molar-refractivity contribution in [1.29, 1.82) is 0 Å². The van der Waals surface area contributed by atoms with Crippen LogP contribution >= 0.6 is 0 Å². The van der Waals surface area contributed by atoms with E-state index in [-0.39, 0.29) is 24.4 Å². The van der Waals surface area contributed by atoms with Crippen molar-refractivity contribution in [3.63, 3.8) is 0 Å². The molecule has 0 radical (unpaired) electrons. The topological polar surface area (TPSA) is 77.9 Å². The average molecular weight is 338 g/mol. The lowest BCUT2D eigenvalue weighted by molar-refractivity contribution is -0.139. The molecule has 7 heteroatoms. The van der Waals surface area contributed by atoms with Crippen molar-refractivity contribution in [1.82, 2.24) is 9.21 Å². The SMILES string of the molecule is CN(C)C1(CS(=O)(=O)N2Cc3ccccc3C(C(=O)O)C2)CC1. The molecular formula is C16H22N2O4S. The van der Waals surface area contributed by atoms with Crippen molar-refractivity contribution in [3.8, 4) is 0 Å². The Kier molecular flexibility index (Phi) is 3.98. The molecule has 0 bridgehead atoms. The Bertz CT molecular complexity index is 725. The number of nitrogens with zero attached hydrogens (tertiary/aromatic N) is 2. The number of carboxylic acids is 1. The highest BCUT2D eigenvalue weighted by molar-refractivity contribution is 7.89. The van der Waals surface area contributed by atoms with Crippen molar-refractivity contribution in [2.45, 2.75) is 30.8 Å². The number of sulfonamides is 1. The first-order valence-corrected chi connectivity index (χ1v) is 9.32. The number of benzene rings is 1. The molecular weight excluding hydrogens is 316 g/mol. The number of carboxylic acid groups (broad SMARTS) is 1. The van der Waals surface area contributed by atoms with Crippen LogP contribution in [-0.4, -0.2) is 60.6 Å². The monoisotopic (exact) mass is 338 g/mol. The summed E-state index contributed by atoms with van der Waals surface area (Å²) in [6, 6.07) is 7.20. The molecule has 0 aromatic heterocycles. The zero-order valence-corrected chi connectivity index (χ0v) is 14.2. The van der Waals surface area contributed by atoms with E-state index < -0.39 is 21.9 Å². The van der Waals surface area contributed by atoms with Crippen LogP contribution in [0.3, 0.4) is 0 Å². The number of carbonyl (C=O) groups is 1. The second-order valence-electron chi connectivity index (χ2n) is 6.76. The minimum Gasteiger partial charge on any atom is -0.481 e. The summed E-state index contributed by atoms with van der Waals surface area (Å²) in [6.07, 6.45) is 1.73. The van der Waals surface area contributed by atoms with Crippen molar-refractivity contribution in [3.05, 3.63) is 35.4 Å². The average Bonchev–Trinajstić information content (AvgIpc) is 3.26. The molecule has 0 amide bonds. The van der Waals surface area contributed by atoms with Gasteiger partial charge >= 0.3 is 5.97 Å². The first-order chi connectivity index (χ1) is 10.8. The molecule has 23 heavy (non-hydrogen) atoms. The predicted octanol–water partition coefficient (Wildman–Crippen LogP) is 1.09. The van der Waals surface area contributed by atoms with Gasteiger partial charge in [-0.3, -0.25) is 4.79 Å². The molecule has 0 saturated heterocycles. The van der Waals surface area contributed by atoms with Crippen LogP contribution in [0.15, 0.2) is 24.3 Å². The maximum Gasteiger partial charge on any atom is 0.312 e. The largest absolute Gasteiger partial charge is 0.481 e. The smallest absolute Gasteiger partial charge is 0.312 e. The van der Waals surface area contributed by atoms with Crippen LogP contribution in [0, 0.1) is 0 Å². The molecule has 1 aliphatic heterocycles. The van der Waals surface area contributed by atoms with Crippen LogP contribution in [0.2, 0.25) is 0 Å². The van der Waals surface area contributed by atoms with Gasteiger partial charge < -0.3 is 10.0 Å². The molecule has 126 valence electrons. The van der Waals surface area contributed by atoms with E-state index in [0.717, 1.165) is 24.0 Å². The zero-order chi connectivity index (χ0) is 16.8. The van der Waals surface area contributed by atoms with E-state index in [1.54, 1.807) is 12.1 Å². The van der Waals surface area contributed by atoms with E-state index in [0.29, 0.717) is 0 Å². The Morgan fingerprint density at radius 1 is 1.35 bits per heavy atom. The van der Waals surface area contributed by atoms with Crippen LogP contribution in [0.5, 0.6) is 0 Å². The predicted molar refractivity (Wildman–Crippen MR) is 86.7 cm³/mol. The molecule has 1 aromatic carbocycles. The van der Waals surface area contributed by atoms with Crippen molar-refractivity contribution < 1.29 is 18.3 Å². The van der Waals surface area contributed by atoms with Crippen LogP contribution in [0.4, 0.5) is 0 Å². The van der Waals surface area contributed by atoms with Gasteiger partial charge in [-0.25, -0.2) is 8.42 Å². The Morgan fingerprint density at radius 3 is 2.57 bits per heavy atom. The van der Waals surface area contributed by atoms with Gasteiger partial charge in [0.15, 0.2) is 0 Å². The maximum absolute atomic E-state index is 12.8. The highest BCUT2D eigenvalue weighted by Crippen LogP contribution is 2.42. The fourth-order valence-electron chi connectivity index (χ4n) is 3.29. The second kappa shape index (κ2) is 5.58. The fourth-order valence-corrected chi connectivity index (χ4v) is 5.41. The van der Waals surface area contributed by atoms with Crippen molar-refractivity contribution in [2.75, 3.05) is 26.4 Å². The van der Waals surface area contributed by atoms with Gasteiger partial charge in [-0.05, 0) is 38.1 Å². The van der Waals surface area contributed by atoms with E-state index in [1.807, 2.05) is 31.1 Å². The number of fused-ring (bicyclic) bond motifs is 1. The summed E-state index contributed by atoms with van der Waals surface area (Å²) in [5.74, 6) is -1.73. The summed E-state index contributed by atoms with van der Waals surface area (Å²) >= 11 is 0. The summed E-state index contributed by atoms with van der Waals surface area (Å²) in [5, 5.41) is 9.47. The highest BCUT2D eigenvalue weighted by atomic mass is 32.2. The number of hydrogen-bond donors (Lipinski definition) is 1. The highest BCUT2D eigenvalue weighted by Gasteiger charge is 2.50. The van der Waals surface area contributed by atoms with E-state index in [1.165, 1.54) is 4.31 Å². The molecule has 1 heterocycles. The minimum absolute atomic E-state index is 0.0121. The van der Waals surface area contributed by atoms with E-state index in [2.05, 4.69) is 0 Å². The maximum atomic E-state index is 12.8. The summed E-state index contributed by atoms with van der Waals surface area (Å²) in [7, 11) is 0.289. The zero-order valence-electron chi connectivity index (χ0n) is 13.4. The van der Waals surface area contributed by atoms with Gasteiger partial charge in [-0.15, -0.1) is 0 Å². The third-order valence-corrected chi connectivity index (χ3v) is 7.05. The van der Waals surface area contributed by atoms with Crippen LogP contribution < -0.4 is 0 Å². The van der Waals surface area contributed by atoms with E-state index in [9.17, 15) is 18.3 Å². The summed E-state index contributed by atoms with van der Waals surface area (Å²) < 4.78 is 27.0. The van der Waals surface area contributed by atoms with E-state index >= 15 is 0 Å². The van der Waals surface area contributed by atoms with Gasteiger partial charge in [-0.2, -0.15) is 4.31 Å². The van der Waals surface area contributed by atoms with Gasteiger partial charge in [0.1, 0.15) is 0 Å². The molecule has 1 aromatic rings.